The van der Waals surface area contributed by atoms with Crippen LogP contribution in [0.5, 0.6) is 0 Å². The summed E-state index contributed by atoms with van der Waals surface area (Å²) in [4.78, 5) is 26.5. The van der Waals surface area contributed by atoms with Crippen molar-refractivity contribution < 1.29 is 22.7 Å². The highest BCUT2D eigenvalue weighted by atomic mass is 32.2. The lowest BCUT2D eigenvalue weighted by atomic mass is 9.97. The average Bonchev–Trinajstić information content (AvgIpc) is 2.84. The molecule has 8 nitrogen and oxygen atoms in total. The van der Waals surface area contributed by atoms with Gasteiger partial charge in [0.1, 0.15) is 4.90 Å². The molecule has 1 saturated heterocycles. The molecule has 1 aliphatic rings. The summed E-state index contributed by atoms with van der Waals surface area (Å²) in [6.07, 6.45) is 2.48. The molecular formula is C26H35N3O5S. The molecule has 3 rings (SSSR count). The molecule has 0 aromatic heterocycles. The number of nitrogens with zero attached hydrogens (tertiary/aromatic N) is 1. The molecule has 2 aromatic carbocycles. The van der Waals surface area contributed by atoms with Crippen LogP contribution in [0.3, 0.4) is 0 Å². The van der Waals surface area contributed by atoms with Gasteiger partial charge in [0.05, 0.1) is 18.2 Å². The number of rotatable bonds is 10. The van der Waals surface area contributed by atoms with Gasteiger partial charge in [0.25, 0.3) is 0 Å². The largest absolute Gasteiger partial charge is 0.466 e. The van der Waals surface area contributed by atoms with Gasteiger partial charge in [0, 0.05) is 31.2 Å². The van der Waals surface area contributed by atoms with Crippen LogP contribution in [-0.4, -0.2) is 40.0 Å². The molecule has 2 aromatic rings. The van der Waals surface area contributed by atoms with Gasteiger partial charge < -0.3 is 15.0 Å². The van der Waals surface area contributed by atoms with Gasteiger partial charge in [0.15, 0.2) is 0 Å². The maximum absolute atomic E-state index is 13.6. The number of carbonyl (C=O) groups excluding carboxylic acids is 2. The average molecular weight is 502 g/mol. The quantitative estimate of drug-likeness (QED) is 0.472. The summed E-state index contributed by atoms with van der Waals surface area (Å²) < 4.78 is 35.2. The van der Waals surface area contributed by atoms with E-state index in [9.17, 15) is 18.0 Å². The van der Waals surface area contributed by atoms with Crippen LogP contribution in [-0.2, 0) is 24.3 Å². The Morgan fingerprint density at radius 3 is 2.57 bits per heavy atom. The zero-order chi connectivity index (χ0) is 25.4. The maximum Gasteiger partial charge on any atom is 0.310 e. The zero-order valence-corrected chi connectivity index (χ0v) is 21.4. The van der Waals surface area contributed by atoms with Gasteiger partial charge >= 0.3 is 5.97 Å². The highest BCUT2D eigenvalue weighted by Crippen LogP contribution is 2.33. The number of sulfonamides is 1. The van der Waals surface area contributed by atoms with Crippen LogP contribution in [0.25, 0.3) is 0 Å². The van der Waals surface area contributed by atoms with E-state index in [4.69, 9.17) is 4.74 Å². The number of hydrogen-bond donors (Lipinski definition) is 2. The monoisotopic (exact) mass is 501 g/mol. The molecule has 35 heavy (non-hydrogen) atoms. The third-order valence-corrected chi connectivity index (χ3v) is 7.59. The van der Waals surface area contributed by atoms with Crippen molar-refractivity contribution >= 4 is 33.3 Å². The second kappa shape index (κ2) is 12.2. The van der Waals surface area contributed by atoms with E-state index in [1.807, 2.05) is 42.2 Å². The normalized spacial score (nSPS) is 17.0. The smallest absolute Gasteiger partial charge is 0.310 e. The first-order chi connectivity index (χ1) is 16.7. The van der Waals surface area contributed by atoms with Crippen LogP contribution in [0.1, 0.15) is 58.1 Å². The van der Waals surface area contributed by atoms with E-state index in [0.29, 0.717) is 50.3 Å². The third-order valence-electron chi connectivity index (χ3n) is 6.02. The molecule has 0 radical (unpaired) electrons. The Morgan fingerprint density at radius 1 is 1.14 bits per heavy atom. The van der Waals surface area contributed by atoms with Crippen molar-refractivity contribution in [3.63, 3.8) is 0 Å². The second-order valence-electron chi connectivity index (χ2n) is 8.77. The Bertz CT molecular complexity index is 1120. The maximum atomic E-state index is 13.6. The van der Waals surface area contributed by atoms with Crippen molar-refractivity contribution in [3.8, 4) is 0 Å². The van der Waals surface area contributed by atoms with Gasteiger partial charge in [-0.3, -0.25) is 9.59 Å². The lowest BCUT2D eigenvalue weighted by Crippen LogP contribution is -2.40. The summed E-state index contributed by atoms with van der Waals surface area (Å²) in [5.74, 6) is -0.755. The van der Waals surface area contributed by atoms with Crippen LogP contribution in [0.4, 0.5) is 11.4 Å². The van der Waals surface area contributed by atoms with Crippen molar-refractivity contribution in [3.05, 3.63) is 54.1 Å². The molecule has 0 bridgehead atoms. The van der Waals surface area contributed by atoms with E-state index in [2.05, 4.69) is 10.0 Å². The van der Waals surface area contributed by atoms with Crippen molar-refractivity contribution in [2.24, 2.45) is 5.92 Å². The van der Waals surface area contributed by atoms with Gasteiger partial charge in [-0.05, 0) is 56.9 Å². The molecule has 9 heteroatoms. The fraction of sp³-hybridized carbons (Fsp3) is 0.462. The summed E-state index contributed by atoms with van der Waals surface area (Å²) in [5, 5.41) is 2.79. The number of benzene rings is 2. The Morgan fingerprint density at radius 2 is 1.89 bits per heavy atom. The van der Waals surface area contributed by atoms with Gasteiger partial charge in [-0.15, -0.1) is 0 Å². The summed E-state index contributed by atoms with van der Waals surface area (Å²) in [6.45, 7) is 6.77. The van der Waals surface area contributed by atoms with Crippen molar-refractivity contribution in [1.82, 2.24) is 4.72 Å². The molecule has 1 aliphatic heterocycles. The van der Waals surface area contributed by atoms with E-state index in [0.717, 1.165) is 12.0 Å². The van der Waals surface area contributed by atoms with Gasteiger partial charge in [-0.25, -0.2) is 13.1 Å². The molecule has 2 atom stereocenters. The molecule has 190 valence electrons. The van der Waals surface area contributed by atoms with Crippen LogP contribution < -0.4 is 14.9 Å². The molecular weight excluding hydrogens is 466 g/mol. The lowest BCUT2D eigenvalue weighted by Gasteiger charge is -2.34. The minimum absolute atomic E-state index is 0.0686. The number of amides is 1. The Labute approximate surface area is 208 Å². The first kappa shape index (κ1) is 26.7. The Hall–Kier alpha value is -2.91. The minimum Gasteiger partial charge on any atom is -0.466 e. The van der Waals surface area contributed by atoms with E-state index >= 15 is 0 Å². The van der Waals surface area contributed by atoms with Crippen LogP contribution in [0.2, 0.25) is 0 Å². The topological polar surface area (TPSA) is 105 Å². The van der Waals surface area contributed by atoms with Gasteiger partial charge in [-0.1, -0.05) is 37.3 Å². The predicted molar refractivity (Wildman–Crippen MR) is 137 cm³/mol. The minimum atomic E-state index is -3.97. The summed E-state index contributed by atoms with van der Waals surface area (Å²) in [6, 6.07) is 13.8. The molecule has 1 amide bonds. The molecule has 0 saturated carbocycles. The number of ether oxygens (including phenoxy) is 1. The number of hydrogen-bond acceptors (Lipinski definition) is 6. The number of esters is 1. The molecule has 1 fully saturated rings. The van der Waals surface area contributed by atoms with Crippen molar-refractivity contribution in [1.29, 1.82) is 0 Å². The van der Waals surface area contributed by atoms with Gasteiger partial charge in [0.2, 0.25) is 15.9 Å². The molecule has 0 aliphatic carbocycles. The summed E-state index contributed by atoms with van der Waals surface area (Å²) >= 11 is 0. The summed E-state index contributed by atoms with van der Waals surface area (Å²) in [5.41, 5.74) is 1.75. The van der Waals surface area contributed by atoms with Gasteiger partial charge in [-0.2, -0.15) is 0 Å². The summed E-state index contributed by atoms with van der Waals surface area (Å²) in [7, 11) is -3.97. The first-order valence-corrected chi connectivity index (χ1v) is 13.7. The predicted octanol–water partition coefficient (Wildman–Crippen LogP) is 4.24. The van der Waals surface area contributed by atoms with Crippen molar-refractivity contribution in [2.75, 3.05) is 29.9 Å². The Kier molecular flexibility index (Phi) is 9.28. The van der Waals surface area contributed by atoms with E-state index < -0.39 is 16.1 Å². The molecule has 2 unspecified atom stereocenters. The second-order valence-corrected chi connectivity index (χ2v) is 10.5. The van der Waals surface area contributed by atoms with Crippen LogP contribution >= 0.6 is 0 Å². The zero-order valence-electron chi connectivity index (χ0n) is 20.6. The molecule has 0 spiro atoms. The van der Waals surface area contributed by atoms with Crippen LogP contribution in [0, 0.1) is 5.92 Å². The highest BCUT2D eigenvalue weighted by Gasteiger charge is 2.31. The fourth-order valence-corrected chi connectivity index (χ4v) is 5.76. The third kappa shape index (κ3) is 7.05. The standard InChI is InChI=1S/C26H35N3O5S/c1-4-10-25(30)27-22-14-15-23(29-16-9-13-21(18-29)26(31)34-5-2)24(17-22)35(32,33)28-19(3)20-11-7-6-8-12-20/h6-8,11-12,14-15,17,19,21,28H,4-5,9-10,13,16,18H2,1-3H3,(H,27,30). The Balaban J connectivity index is 1.95. The number of anilines is 2. The van der Waals surface area contributed by atoms with Crippen molar-refractivity contribution in [2.45, 2.75) is 57.4 Å². The number of nitrogens with one attached hydrogen (secondary N) is 2. The highest BCUT2D eigenvalue weighted by molar-refractivity contribution is 7.89. The fourth-order valence-electron chi connectivity index (χ4n) is 4.27. The molecule has 2 N–H and O–H groups in total. The van der Waals surface area contributed by atoms with E-state index in [-0.39, 0.29) is 22.7 Å². The van der Waals surface area contributed by atoms with E-state index in [1.165, 1.54) is 6.07 Å². The van der Waals surface area contributed by atoms with E-state index in [1.54, 1.807) is 26.0 Å². The number of piperidine rings is 1. The molecule has 1 heterocycles. The lowest BCUT2D eigenvalue weighted by molar-refractivity contribution is -0.148. The number of carbonyl (C=O) groups is 2. The first-order valence-electron chi connectivity index (χ1n) is 12.2. The SMILES string of the molecule is CCCC(=O)Nc1ccc(N2CCCC(C(=O)OCC)C2)c(S(=O)(=O)NC(C)c2ccccc2)c1. The van der Waals surface area contributed by atoms with Crippen LogP contribution in [0.15, 0.2) is 53.4 Å².